The number of hydrogen-bond donors (Lipinski definition) is 1. The van der Waals surface area contributed by atoms with E-state index in [2.05, 4.69) is 9.97 Å². The van der Waals surface area contributed by atoms with E-state index in [9.17, 15) is 18.7 Å². The van der Waals surface area contributed by atoms with Gasteiger partial charge in [-0.15, -0.1) is 0 Å². The minimum absolute atomic E-state index is 0.0888. The van der Waals surface area contributed by atoms with Gasteiger partial charge < -0.3 is 10.0 Å². The van der Waals surface area contributed by atoms with E-state index >= 15 is 0 Å². The van der Waals surface area contributed by atoms with Gasteiger partial charge in [-0.2, -0.15) is 0 Å². The number of carbonyl (C=O) groups is 1. The quantitative estimate of drug-likeness (QED) is 0.673. The van der Waals surface area contributed by atoms with Crippen LogP contribution in [0, 0.1) is 11.6 Å². The Labute approximate surface area is 135 Å². The zero-order valence-electron chi connectivity index (χ0n) is 12.2. The fourth-order valence-corrected chi connectivity index (χ4v) is 2.93. The molecule has 0 aliphatic carbocycles. The highest BCUT2D eigenvalue weighted by atomic mass is 32.2. The maximum absolute atomic E-state index is 14.2. The summed E-state index contributed by atoms with van der Waals surface area (Å²) in [7, 11) is 0. The molecular weight excluding hydrogens is 324 g/mol. The summed E-state index contributed by atoms with van der Waals surface area (Å²) in [6.07, 6.45) is 1.20. The number of rotatable bonds is 2. The summed E-state index contributed by atoms with van der Waals surface area (Å²) < 4.78 is 27.3. The molecule has 1 aromatic carbocycles. The van der Waals surface area contributed by atoms with Crippen molar-refractivity contribution in [3.63, 3.8) is 0 Å². The Morgan fingerprint density at radius 2 is 2.13 bits per heavy atom. The summed E-state index contributed by atoms with van der Waals surface area (Å²) in [4.78, 5) is 21.2. The van der Waals surface area contributed by atoms with Crippen LogP contribution < -0.4 is 0 Å². The minimum atomic E-state index is -1.05. The van der Waals surface area contributed by atoms with E-state index in [-0.39, 0.29) is 12.1 Å². The molecule has 3 rings (SSSR count). The molecule has 1 N–H and O–H groups in total. The standard InChI is InChI=1S/C15H13F2N3O2S/c1-23-14-18-12-4-5-20(15(21)22)7-10(12)13(19-14)9-3-2-8(16)6-11(9)17/h2-3,6H,4-5,7H2,1H3,(H,21,22). The molecule has 120 valence electrons. The highest BCUT2D eigenvalue weighted by Crippen LogP contribution is 2.31. The van der Waals surface area contributed by atoms with Crippen LogP contribution in [-0.2, 0) is 13.0 Å². The van der Waals surface area contributed by atoms with Gasteiger partial charge in [0.05, 0.1) is 17.9 Å². The topological polar surface area (TPSA) is 66.3 Å². The predicted molar refractivity (Wildman–Crippen MR) is 81.3 cm³/mol. The molecule has 1 aromatic heterocycles. The zero-order chi connectivity index (χ0) is 16.6. The number of aromatic nitrogens is 2. The van der Waals surface area contributed by atoms with Crippen LogP contribution in [0.15, 0.2) is 23.4 Å². The lowest BCUT2D eigenvalue weighted by atomic mass is 9.99. The third kappa shape index (κ3) is 2.98. The number of nitrogens with zero attached hydrogens (tertiary/aromatic N) is 3. The molecule has 0 unspecified atom stereocenters. The van der Waals surface area contributed by atoms with Crippen molar-refractivity contribution in [2.75, 3.05) is 12.8 Å². The molecule has 0 atom stereocenters. The van der Waals surface area contributed by atoms with Crippen LogP contribution in [0.1, 0.15) is 11.3 Å². The largest absolute Gasteiger partial charge is 0.465 e. The first-order chi connectivity index (χ1) is 11.0. The first kappa shape index (κ1) is 15.7. The molecular formula is C15H13F2N3O2S. The molecule has 8 heteroatoms. The van der Waals surface area contributed by atoms with Gasteiger partial charge in [-0.05, 0) is 18.4 Å². The molecule has 0 saturated heterocycles. The molecule has 2 heterocycles. The van der Waals surface area contributed by atoms with Gasteiger partial charge >= 0.3 is 6.09 Å². The molecule has 0 bridgehead atoms. The SMILES string of the molecule is CSc1nc2c(c(-c3ccc(F)cc3F)n1)CN(C(=O)O)CC2. The molecule has 2 aromatic rings. The average Bonchev–Trinajstić information content (AvgIpc) is 2.53. The number of halogens is 2. The molecule has 5 nitrogen and oxygen atoms in total. The Kier molecular flexibility index (Phi) is 4.16. The maximum atomic E-state index is 14.2. The monoisotopic (exact) mass is 337 g/mol. The summed E-state index contributed by atoms with van der Waals surface area (Å²) in [5, 5.41) is 9.65. The number of amides is 1. The predicted octanol–water partition coefficient (Wildman–Crippen LogP) is 3.18. The first-order valence-electron chi connectivity index (χ1n) is 6.86. The molecule has 0 saturated carbocycles. The highest BCUT2D eigenvalue weighted by Gasteiger charge is 2.26. The van der Waals surface area contributed by atoms with E-state index < -0.39 is 17.7 Å². The van der Waals surface area contributed by atoms with Crippen LogP contribution in [-0.4, -0.2) is 38.9 Å². The van der Waals surface area contributed by atoms with Crippen molar-refractivity contribution in [3.8, 4) is 11.3 Å². The van der Waals surface area contributed by atoms with Gasteiger partial charge in [0.15, 0.2) is 5.16 Å². The summed E-state index contributed by atoms with van der Waals surface area (Å²) >= 11 is 1.32. The lowest BCUT2D eigenvalue weighted by Crippen LogP contribution is -2.35. The van der Waals surface area contributed by atoms with E-state index in [1.807, 2.05) is 0 Å². The van der Waals surface area contributed by atoms with Crippen molar-refractivity contribution in [2.24, 2.45) is 0 Å². The second-order valence-corrected chi connectivity index (χ2v) is 5.84. The van der Waals surface area contributed by atoms with Crippen LogP contribution in [0.3, 0.4) is 0 Å². The van der Waals surface area contributed by atoms with E-state index in [1.54, 1.807) is 6.26 Å². The summed E-state index contributed by atoms with van der Waals surface area (Å²) in [6, 6.07) is 3.26. The van der Waals surface area contributed by atoms with E-state index in [1.165, 1.54) is 22.7 Å². The molecule has 23 heavy (non-hydrogen) atoms. The van der Waals surface area contributed by atoms with E-state index in [4.69, 9.17) is 0 Å². The van der Waals surface area contributed by atoms with Gasteiger partial charge in [-0.1, -0.05) is 11.8 Å². The van der Waals surface area contributed by atoms with Crippen molar-refractivity contribution >= 4 is 17.9 Å². The Hall–Kier alpha value is -2.22. The Morgan fingerprint density at radius 1 is 1.35 bits per heavy atom. The Bertz CT molecular complexity index is 786. The Morgan fingerprint density at radius 3 is 2.78 bits per heavy atom. The number of carboxylic acid groups (broad SMARTS) is 1. The molecule has 1 amide bonds. The third-order valence-electron chi connectivity index (χ3n) is 3.68. The van der Waals surface area contributed by atoms with Crippen LogP contribution in [0.5, 0.6) is 0 Å². The average molecular weight is 337 g/mol. The van der Waals surface area contributed by atoms with E-state index in [0.29, 0.717) is 35.1 Å². The number of benzene rings is 1. The van der Waals surface area contributed by atoms with Gasteiger partial charge in [-0.3, -0.25) is 0 Å². The summed E-state index contributed by atoms with van der Waals surface area (Å²) in [6.45, 7) is 0.421. The normalized spacial score (nSPS) is 13.8. The maximum Gasteiger partial charge on any atom is 0.407 e. The fourth-order valence-electron chi connectivity index (χ4n) is 2.55. The van der Waals surface area contributed by atoms with E-state index in [0.717, 1.165) is 12.1 Å². The lowest BCUT2D eigenvalue weighted by Gasteiger charge is -2.27. The Balaban J connectivity index is 2.17. The zero-order valence-corrected chi connectivity index (χ0v) is 13.0. The van der Waals surface area contributed by atoms with Gasteiger partial charge in [0.2, 0.25) is 0 Å². The second kappa shape index (κ2) is 6.11. The molecule has 0 radical (unpaired) electrons. The number of fused-ring (bicyclic) bond motifs is 1. The van der Waals surface area contributed by atoms with Gasteiger partial charge in [0.1, 0.15) is 11.6 Å². The molecule has 1 aliphatic heterocycles. The summed E-state index contributed by atoms with van der Waals surface area (Å²) in [5.74, 6) is -1.41. The van der Waals surface area contributed by atoms with Crippen molar-refractivity contribution in [3.05, 3.63) is 41.1 Å². The molecule has 0 spiro atoms. The van der Waals surface area contributed by atoms with Crippen LogP contribution in [0.4, 0.5) is 13.6 Å². The number of hydrogen-bond acceptors (Lipinski definition) is 4. The molecule has 1 aliphatic rings. The third-order valence-corrected chi connectivity index (χ3v) is 4.23. The van der Waals surface area contributed by atoms with Gasteiger partial charge in [-0.25, -0.2) is 23.5 Å². The van der Waals surface area contributed by atoms with Crippen molar-refractivity contribution in [1.29, 1.82) is 0 Å². The fraction of sp³-hybridized carbons (Fsp3) is 0.267. The van der Waals surface area contributed by atoms with Crippen LogP contribution in [0.25, 0.3) is 11.3 Å². The first-order valence-corrected chi connectivity index (χ1v) is 8.09. The summed E-state index contributed by atoms with van der Waals surface area (Å²) in [5.41, 5.74) is 1.75. The second-order valence-electron chi connectivity index (χ2n) is 5.06. The van der Waals surface area contributed by atoms with Crippen LogP contribution >= 0.6 is 11.8 Å². The smallest absolute Gasteiger partial charge is 0.407 e. The van der Waals surface area contributed by atoms with Crippen molar-refractivity contribution in [1.82, 2.24) is 14.9 Å². The van der Waals surface area contributed by atoms with Crippen LogP contribution in [0.2, 0.25) is 0 Å². The van der Waals surface area contributed by atoms with Gasteiger partial charge in [0, 0.05) is 30.2 Å². The lowest BCUT2D eigenvalue weighted by molar-refractivity contribution is 0.139. The highest BCUT2D eigenvalue weighted by molar-refractivity contribution is 7.98. The van der Waals surface area contributed by atoms with Crippen molar-refractivity contribution < 1.29 is 18.7 Å². The minimum Gasteiger partial charge on any atom is -0.465 e. The molecule has 0 fully saturated rings. The number of thioether (sulfide) groups is 1. The van der Waals surface area contributed by atoms with Crippen molar-refractivity contribution in [2.45, 2.75) is 18.1 Å². The van der Waals surface area contributed by atoms with Gasteiger partial charge in [0.25, 0.3) is 0 Å².